The predicted molar refractivity (Wildman–Crippen MR) is 61.2 cm³/mol. The molecule has 1 aromatic heterocycles. The van der Waals surface area contributed by atoms with E-state index in [1.807, 2.05) is 6.07 Å². The van der Waals surface area contributed by atoms with Crippen LogP contribution in [0.5, 0.6) is 5.75 Å². The van der Waals surface area contributed by atoms with Gasteiger partial charge in [-0.1, -0.05) is 6.92 Å². The van der Waals surface area contributed by atoms with Gasteiger partial charge in [0.2, 0.25) is 0 Å². The van der Waals surface area contributed by atoms with Crippen LogP contribution in [0.15, 0.2) is 18.5 Å². The van der Waals surface area contributed by atoms with Crippen molar-refractivity contribution in [2.75, 3.05) is 12.9 Å². The molecule has 1 fully saturated rings. The molecule has 0 bridgehead atoms. The Labute approximate surface area is 93.9 Å². The molecular formula is C11H15NO2S. The molecule has 4 heteroatoms. The molecule has 3 nitrogen and oxygen atoms in total. The zero-order valence-corrected chi connectivity index (χ0v) is 9.75. The SMILES string of the molecule is COc1cncc(C2(O)CCSC2C)c1. The van der Waals surface area contributed by atoms with Gasteiger partial charge in [0.1, 0.15) is 11.4 Å². The van der Waals surface area contributed by atoms with Crippen LogP contribution in [0.1, 0.15) is 18.9 Å². The lowest BCUT2D eigenvalue weighted by Gasteiger charge is -2.27. The summed E-state index contributed by atoms with van der Waals surface area (Å²) in [6.07, 6.45) is 4.16. The molecule has 0 saturated carbocycles. The van der Waals surface area contributed by atoms with Crippen LogP contribution in [0.3, 0.4) is 0 Å². The topological polar surface area (TPSA) is 42.4 Å². The van der Waals surface area contributed by atoms with Gasteiger partial charge in [-0.05, 0) is 18.2 Å². The maximum Gasteiger partial charge on any atom is 0.137 e. The largest absolute Gasteiger partial charge is 0.495 e. The molecular weight excluding hydrogens is 210 g/mol. The number of pyridine rings is 1. The van der Waals surface area contributed by atoms with E-state index in [9.17, 15) is 5.11 Å². The number of rotatable bonds is 2. The third-order valence-electron chi connectivity index (χ3n) is 2.97. The van der Waals surface area contributed by atoms with Gasteiger partial charge in [-0.15, -0.1) is 0 Å². The van der Waals surface area contributed by atoms with Crippen LogP contribution in [0, 0.1) is 0 Å². The first-order valence-corrected chi connectivity index (χ1v) is 6.05. The van der Waals surface area contributed by atoms with E-state index in [0.29, 0.717) is 5.75 Å². The van der Waals surface area contributed by atoms with Crippen LogP contribution in [0.4, 0.5) is 0 Å². The Morgan fingerprint density at radius 1 is 1.60 bits per heavy atom. The fraction of sp³-hybridized carbons (Fsp3) is 0.545. The number of hydrogen-bond acceptors (Lipinski definition) is 4. The molecule has 2 atom stereocenters. The van der Waals surface area contributed by atoms with Crippen LogP contribution in [0.25, 0.3) is 0 Å². The molecule has 0 aliphatic carbocycles. The Morgan fingerprint density at radius 2 is 2.40 bits per heavy atom. The van der Waals surface area contributed by atoms with Gasteiger partial charge in [-0.3, -0.25) is 4.98 Å². The second kappa shape index (κ2) is 4.02. The van der Waals surface area contributed by atoms with Gasteiger partial charge >= 0.3 is 0 Å². The Balaban J connectivity index is 2.35. The molecule has 2 rings (SSSR count). The highest BCUT2D eigenvalue weighted by Crippen LogP contribution is 2.43. The molecule has 2 unspecified atom stereocenters. The molecule has 1 N–H and O–H groups in total. The highest BCUT2D eigenvalue weighted by atomic mass is 32.2. The summed E-state index contributed by atoms with van der Waals surface area (Å²) in [5.74, 6) is 1.69. The van der Waals surface area contributed by atoms with Crippen LogP contribution >= 0.6 is 11.8 Å². The average molecular weight is 225 g/mol. The summed E-state index contributed by atoms with van der Waals surface area (Å²) in [5.41, 5.74) is 0.117. The summed E-state index contributed by atoms with van der Waals surface area (Å²) in [6, 6.07) is 1.87. The van der Waals surface area contributed by atoms with E-state index in [1.165, 1.54) is 0 Å². The average Bonchev–Trinajstić information content (AvgIpc) is 2.61. The lowest BCUT2D eigenvalue weighted by molar-refractivity contribution is 0.0421. The molecule has 82 valence electrons. The number of hydrogen-bond donors (Lipinski definition) is 1. The molecule has 0 aromatic carbocycles. The third-order valence-corrected chi connectivity index (χ3v) is 4.30. The number of aromatic nitrogens is 1. The van der Waals surface area contributed by atoms with Gasteiger partial charge in [0.25, 0.3) is 0 Å². The highest BCUT2D eigenvalue weighted by molar-refractivity contribution is 8.00. The monoisotopic (exact) mass is 225 g/mol. The minimum atomic E-state index is -0.744. The van der Waals surface area contributed by atoms with E-state index in [-0.39, 0.29) is 5.25 Å². The summed E-state index contributed by atoms with van der Waals surface area (Å²) >= 11 is 1.79. The summed E-state index contributed by atoms with van der Waals surface area (Å²) in [7, 11) is 1.61. The minimum Gasteiger partial charge on any atom is -0.495 e. The molecule has 0 radical (unpaired) electrons. The number of methoxy groups -OCH3 is 1. The van der Waals surface area contributed by atoms with E-state index in [1.54, 1.807) is 31.3 Å². The third kappa shape index (κ3) is 1.84. The first-order chi connectivity index (χ1) is 7.16. The van der Waals surface area contributed by atoms with E-state index < -0.39 is 5.60 Å². The second-order valence-electron chi connectivity index (χ2n) is 3.80. The van der Waals surface area contributed by atoms with Gasteiger partial charge in [0.05, 0.1) is 13.3 Å². The number of ether oxygens (including phenoxy) is 1. The molecule has 1 aromatic rings. The van der Waals surface area contributed by atoms with E-state index >= 15 is 0 Å². The highest BCUT2D eigenvalue weighted by Gasteiger charge is 2.40. The van der Waals surface area contributed by atoms with Crippen molar-refractivity contribution in [2.24, 2.45) is 0 Å². The summed E-state index contributed by atoms with van der Waals surface area (Å²) < 4.78 is 5.11. The predicted octanol–water partition coefficient (Wildman–Crippen LogP) is 1.80. The molecule has 1 aliphatic heterocycles. The van der Waals surface area contributed by atoms with Crippen molar-refractivity contribution in [1.29, 1.82) is 0 Å². The number of aliphatic hydroxyl groups is 1. The van der Waals surface area contributed by atoms with Crippen molar-refractivity contribution in [1.82, 2.24) is 4.98 Å². The first kappa shape index (κ1) is 10.8. The Morgan fingerprint density at radius 3 is 3.00 bits per heavy atom. The molecule has 15 heavy (non-hydrogen) atoms. The lowest BCUT2D eigenvalue weighted by Crippen LogP contribution is -2.31. The van der Waals surface area contributed by atoms with Crippen LogP contribution in [-0.4, -0.2) is 28.2 Å². The molecule has 1 aliphatic rings. The van der Waals surface area contributed by atoms with Crippen LogP contribution in [0.2, 0.25) is 0 Å². The van der Waals surface area contributed by atoms with Crippen molar-refractivity contribution < 1.29 is 9.84 Å². The quantitative estimate of drug-likeness (QED) is 0.833. The smallest absolute Gasteiger partial charge is 0.137 e. The maximum absolute atomic E-state index is 10.5. The molecule has 2 heterocycles. The van der Waals surface area contributed by atoms with Gasteiger partial charge in [0, 0.05) is 17.0 Å². The van der Waals surface area contributed by atoms with Crippen molar-refractivity contribution in [3.8, 4) is 5.75 Å². The van der Waals surface area contributed by atoms with Crippen molar-refractivity contribution in [3.05, 3.63) is 24.0 Å². The zero-order valence-electron chi connectivity index (χ0n) is 8.93. The molecule has 0 amide bonds. The Bertz CT molecular complexity index is 358. The summed E-state index contributed by atoms with van der Waals surface area (Å²) in [4.78, 5) is 4.09. The zero-order chi connectivity index (χ0) is 10.9. The van der Waals surface area contributed by atoms with Gasteiger partial charge in [-0.25, -0.2) is 0 Å². The maximum atomic E-state index is 10.5. The van der Waals surface area contributed by atoms with Gasteiger partial charge < -0.3 is 9.84 Å². The standard InChI is InChI=1S/C11H15NO2S/c1-8-11(13,3-4-15-8)9-5-10(14-2)7-12-6-9/h5-8,13H,3-4H2,1-2H3. The molecule has 0 spiro atoms. The number of nitrogens with zero attached hydrogens (tertiary/aromatic N) is 1. The Hall–Kier alpha value is -0.740. The first-order valence-electron chi connectivity index (χ1n) is 5.00. The number of thioether (sulfide) groups is 1. The van der Waals surface area contributed by atoms with Gasteiger partial charge in [-0.2, -0.15) is 11.8 Å². The van der Waals surface area contributed by atoms with E-state index in [2.05, 4.69) is 11.9 Å². The summed E-state index contributed by atoms with van der Waals surface area (Å²) in [5, 5.41) is 10.7. The van der Waals surface area contributed by atoms with Crippen molar-refractivity contribution in [2.45, 2.75) is 24.2 Å². The second-order valence-corrected chi connectivity index (χ2v) is 5.25. The van der Waals surface area contributed by atoms with Crippen molar-refractivity contribution in [3.63, 3.8) is 0 Å². The summed E-state index contributed by atoms with van der Waals surface area (Å²) in [6.45, 7) is 2.05. The van der Waals surface area contributed by atoms with Gasteiger partial charge in [0.15, 0.2) is 0 Å². The van der Waals surface area contributed by atoms with E-state index in [0.717, 1.165) is 17.7 Å². The van der Waals surface area contributed by atoms with Crippen LogP contribution < -0.4 is 4.74 Å². The fourth-order valence-electron chi connectivity index (χ4n) is 1.88. The van der Waals surface area contributed by atoms with Crippen LogP contribution in [-0.2, 0) is 5.60 Å². The van der Waals surface area contributed by atoms with E-state index in [4.69, 9.17) is 4.74 Å². The normalized spacial score (nSPS) is 30.5. The van der Waals surface area contributed by atoms with Crippen molar-refractivity contribution >= 4 is 11.8 Å². The lowest BCUT2D eigenvalue weighted by atomic mass is 9.90. The fourth-order valence-corrected chi connectivity index (χ4v) is 3.19. The molecule has 1 saturated heterocycles. The minimum absolute atomic E-state index is 0.214. The Kier molecular flexibility index (Phi) is 2.89.